The zero-order valence-electron chi connectivity index (χ0n) is 11.3. The maximum atomic E-state index is 12.8. The molecule has 0 fully saturated rings. The first-order valence-corrected chi connectivity index (χ1v) is 6.48. The van der Waals surface area contributed by atoms with Crippen LogP contribution in [-0.4, -0.2) is 6.10 Å². The highest BCUT2D eigenvalue weighted by Crippen LogP contribution is 2.37. The molecule has 0 unspecified atom stereocenters. The molecule has 0 heterocycles. The monoisotopic (exact) mass is 275 g/mol. The largest absolute Gasteiger partial charge is 0.490 e. The van der Waals surface area contributed by atoms with E-state index in [1.165, 1.54) is 12.1 Å². The molecule has 1 aromatic rings. The van der Waals surface area contributed by atoms with Crippen LogP contribution in [0.3, 0.4) is 0 Å². The van der Waals surface area contributed by atoms with Crippen molar-refractivity contribution in [3.05, 3.63) is 23.8 Å². The van der Waals surface area contributed by atoms with Crippen molar-refractivity contribution < 1.29 is 17.9 Å². The van der Waals surface area contributed by atoms with Gasteiger partial charge in [0.25, 0.3) is 0 Å². The van der Waals surface area contributed by atoms with Crippen molar-refractivity contribution in [2.75, 3.05) is 5.73 Å². The summed E-state index contributed by atoms with van der Waals surface area (Å²) in [6.07, 6.45) is -0.863. The molecule has 0 aliphatic carbocycles. The zero-order chi connectivity index (χ0) is 14.5. The first kappa shape index (κ1) is 15.7. The maximum absolute atomic E-state index is 12.8. The number of benzene rings is 1. The van der Waals surface area contributed by atoms with Crippen molar-refractivity contribution >= 4 is 5.69 Å². The standard InChI is InChI=1S/C14H20F3NO/c1-3-4-5-6-10(2)19-13-8-7-11(18)9-12(13)14(15,16)17/h7-10H,3-6,18H2,1-2H3/t10-/m0/s1. The molecule has 2 N–H and O–H groups in total. The van der Waals surface area contributed by atoms with Crippen LogP contribution in [0.15, 0.2) is 18.2 Å². The molecule has 0 aromatic heterocycles. The second-order valence-corrected chi connectivity index (χ2v) is 4.68. The molecule has 2 nitrogen and oxygen atoms in total. The summed E-state index contributed by atoms with van der Waals surface area (Å²) in [5.41, 5.74) is 4.67. The van der Waals surface area contributed by atoms with Gasteiger partial charge in [-0.3, -0.25) is 0 Å². The average Bonchev–Trinajstić information content (AvgIpc) is 2.30. The third-order valence-corrected chi connectivity index (χ3v) is 2.85. The summed E-state index contributed by atoms with van der Waals surface area (Å²) in [6, 6.07) is 3.62. The molecule has 5 heteroatoms. The summed E-state index contributed by atoms with van der Waals surface area (Å²) in [5, 5.41) is 0. The topological polar surface area (TPSA) is 35.2 Å². The second kappa shape index (κ2) is 6.68. The van der Waals surface area contributed by atoms with E-state index in [4.69, 9.17) is 10.5 Å². The van der Waals surface area contributed by atoms with Crippen LogP contribution in [0.25, 0.3) is 0 Å². The molecular formula is C14H20F3NO. The highest BCUT2D eigenvalue weighted by atomic mass is 19.4. The average molecular weight is 275 g/mol. The van der Waals surface area contributed by atoms with Crippen molar-refractivity contribution in [1.82, 2.24) is 0 Å². The molecule has 1 atom stereocenters. The number of anilines is 1. The van der Waals surface area contributed by atoms with Crippen molar-refractivity contribution in [1.29, 1.82) is 0 Å². The predicted molar refractivity (Wildman–Crippen MR) is 70.1 cm³/mol. The SMILES string of the molecule is CCCCC[C@H](C)Oc1ccc(N)cc1C(F)(F)F. The minimum absolute atomic E-state index is 0.0818. The Morgan fingerprint density at radius 1 is 1.26 bits per heavy atom. The van der Waals surface area contributed by atoms with Crippen LogP contribution in [0.5, 0.6) is 5.75 Å². The number of ether oxygens (including phenoxy) is 1. The van der Waals surface area contributed by atoms with E-state index in [-0.39, 0.29) is 17.5 Å². The quantitative estimate of drug-likeness (QED) is 0.606. The summed E-state index contributed by atoms with van der Waals surface area (Å²) in [4.78, 5) is 0. The molecule has 0 amide bonds. The molecule has 0 saturated heterocycles. The molecule has 1 rings (SSSR count). The van der Waals surface area contributed by atoms with Gasteiger partial charge in [0.2, 0.25) is 0 Å². The Balaban J connectivity index is 2.77. The van der Waals surface area contributed by atoms with Crippen LogP contribution in [-0.2, 0) is 6.18 Å². The first-order chi connectivity index (χ1) is 8.84. The third kappa shape index (κ3) is 5.01. The van der Waals surface area contributed by atoms with E-state index in [1.54, 1.807) is 6.92 Å². The Labute approximate surface area is 111 Å². The molecule has 19 heavy (non-hydrogen) atoms. The summed E-state index contributed by atoms with van der Waals surface area (Å²) < 4.78 is 43.9. The summed E-state index contributed by atoms with van der Waals surface area (Å²) in [5.74, 6) is -0.148. The normalized spacial score (nSPS) is 13.3. The molecule has 0 aliphatic heterocycles. The number of unbranched alkanes of at least 4 members (excludes halogenated alkanes) is 2. The van der Waals surface area contributed by atoms with Gasteiger partial charge in [0.05, 0.1) is 11.7 Å². The number of nitrogen functional groups attached to an aromatic ring is 1. The number of hydrogen-bond acceptors (Lipinski definition) is 2. The summed E-state index contributed by atoms with van der Waals surface area (Å²) in [7, 11) is 0. The number of rotatable bonds is 6. The number of halogens is 3. The van der Waals surface area contributed by atoms with Gasteiger partial charge < -0.3 is 10.5 Å². The number of hydrogen-bond donors (Lipinski definition) is 1. The van der Waals surface area contributed by atoms with E-state index < -0.39 is 11.7 Å². The Kier molecular flexibility index (Phi) is 5.51. The molecule has 0 bridgehead atoms. The molecule has 0 spiro atoms. The van der Waals surface area contributed by atoms with Gasteiger partial charge in [0.15, 0.2) is 0 Å². The van der Waals surface area contributed by atoms with E-state index in [0.29, 0.717) is 0 Å². The lowest BCUT2D eigenvalue weighted by Gasteiger charge is -2.19. The van der Waals surface area contributed by atoms with Crippen LogP contribution < -0.4 is 10.5 Å². The van der Waals surface area contributed by atoms with E-state index in [0.717, 1.165) is 31.7 Å². The van der Waals surface area contributed by atoms with Crippen molar-refractivity contribution in [2.45, 2.75) is 51.8 Å². The highest BCUT2D eigenvalue weighted by molar-refractivity contribution is 5.49. The van der Waals surface area contributed by atoms with Crippen molar-refractivity contribution in [3.63, 3.8) is 0 Å². The highest BCUT2D eigenvalue weighted by Gasteiger charge is 2.34. The van der Waals surface area contributed by atoms with Gasteiger partial charge in [-0.2, -0.15) is 13.2 Å². The van der Waals surface area contributed by atoms with Gasteiger partial charge >= 0.3 is 6.18 Å². The van der Waals surface area contributed by atoms with Gasteiger partial charge in [-0.05, 0) is 38.0 Å². The lowest BCUT2D eigenvalue weighted by molar-refractivity contribution is -0.139. The fourth-order valence-corrected chi connectivity index (χ4v) is 1.83. The zero-order valence-corrected chi connectivity index (χ0v) is 11.3. The van der Waals surface area contributed by atoms with Gasteiger partial charge in [-0.1, -0.05) is 19.8 Å². The summed E-state index contributed by atoms with van der Waals surface area (Å²) in [6.45, 7) is 3.86. The Morgan fingerprint density at radius 2 is 1.95 bits per heavy atom. The first-order valence-electron chi connectivity index (χ1n) is 6.48. The van der Waals surface area contributed by atoms with Crippen LogP contribution in [0.1, 0.15) is 45.1 Å². The van der Waals surface area contributed by atoms with Crippen LogP contribution >= 0.6 is 0 Å². The lowest BCUT2D eigenvalue weighted by atomic mass is 10.1. The fraction of sp³-hybridized carbons (Fsp3) is 0.571. The Bertz CT molecular complexity index is 404. The predicted octanol–water partition coefficient (Wildman–Crippen LogP) is 4.64. The molecule has 1 aromatic carbocycles. The van der Waals surface area contributed by atoms with E-state index in [2.05, 4.69) is 6.92 Å². The molecule has 0 saturated carbocycles. The van der Waals surface area contributed by atoms with Crippen molar-refractivity contribution in [3.8, 4) is 5.75 Å². The van der Waals surface area contributed by atoms with Gasteiger partial charge in [-0.15, -0.1) is 0 Å². The van der Waals surface area contributed by atoms with E-state index >= 15 is 0 Å². The van der Waals surface area contributed by atoms with Crippen LogP contribution in [0, 0.1) is 0 Å². The van der Waals surface area contributed by atoms with Crippen LogP contribution in [0.4, 0.5) is 18.9 Å². The Hall–Kier alpha value is -1.39. The lowest BCUT2D eigenvalue weighted by Crippen LogP contribution is -2.16. The molecule has 0 radical (unpaired) electrons. The van der Waals surface area contributed by atoms with E-state index in [9.17, 15) is 13.2 Å². The number of nitrogens with two attached hydrogens (primary N) is 1. The third-order valence-electron chi connectivity index (χ3n) is 2.85. The minimum Gasteiger partial charge on any atom is -0.490 e. The van der Waals surface area contributed by atoms with Crippen molar-refractivity contribution in [2.24, 2.45) is 0 Å². The minimum atomic E-state index is -4.45. The Morgan fingerprint density at radius 3 is 2.53 bits per heavy atom. The molecule has 108 valence electrons. The summed E-state index contributed by atoms with van der Waals surface area (Å²) >= 11 is 0. The van der Waals surface area contributed by atoms with Gasteiger partial charge in [0, 0.05) is 5.69 Å². The van der Waals surface area contributed by atoms with Gasteiger partial charge in [-0.25, -0.2) is 0 Å². The van der Waals surface area contributed by atoms with Gasteiger partial charge in [0.1, 0.15) is 5.75 Å². The molecule has 0 aliphatic rings. The molecular weight excluding hydrogens is 255 g/mol. The smallest absolute Gasteiger partial charge is 0.420 e. The maximum Gasteiger partial charge on any atom is 0.420 e. The van der Waals surface area contributed by atoms with E-state index in [1.807, 2.05) is 0 Å². The number of alkyl halides is 3. The second-order valence-electron chi connectivity index (χ2n) is 4.68. The van der Waals surface area contributed by atoms with Crippen LogP contribution in [0.2, 0.25) is 0 Å². The fourth-order valence-electron chi connectivity index (χ4n) is 1.83.